The first-order valence-corrected chi connectivity index (χ1v) is 9.78. The number of carbonyl (C=O) groups is 2. The molecule has 0 saturated heterocycles. The number of anilines is 1. The van der Waals surface area contributed by atoms with E-state index in [1.807, 2.05) is 41.9 Å². The van der Waals surface area contributed by atoms with Crippen molar-refractivity contribution < 1.29 is 19.4 Å². The second-order valence-electron chi connectivity index (χ2n) is 6.92. The normalized spacial score (nSPS) is 10.8. The van der Waals surface area contributed by atoms with Crippen molar-refractivity contribution in [1.82, 2.24) is 9.55 Å². The van der Waals surface area contributed by atoms with Gasteiger partial charge in [0.2, 0.25) is 5.88 Å². The molecule has 156 valence electrons. The molecule has 0 aliphatic rings. The van der Waals surface area contributed by atoms with Crippen LogP contribution in [0, 0.1) is 0 Å². The maximum atomic E-state index is 12.7. The minimum absolute atomic E-state index is 0.122. The van der Waals surface area contributed by atoms with Crippen molar-refractivity contribution in [2.45, 2.75) is 6.42 Å². The van der Waals surface area contributed by atoms with E-state index in [9.17, 15) is 9.59 Å². The van der Waals surface area contributed by atoms with Crippen LogP contribution in [0.15, 0.2) is 66.9 Å². The summed E-state index contributed by atoms with van der Waals surface area (Å²) in [6, 6.07) is 17.7. The third-order valence-corrected chi connectivity index (χ3v) is 5.04. The molecule has 0 aliphatic carbocycles. The number of hydrogen-bond donors (Lipinski definition) is 2. The van der Waals surface area contributed by atoms with Gasteiger partial charge in [0.25, 0.3) is 5.91 Å². The Balaban J connectivity index is 1.45. The van der Waals surface area contributed by atoms with Gasteiger partial charge in [-0.3, -0.25) is 9.59 Å². The fraction of sp³-hybridized carbons (Fsp3) is 0.0870. The third-order valence-electron chi connectivity index (χ3n) is 4.74. The number of fused-ring (bicyclic) bond motifs is 1. The van der Waals surface area contributed by atoms with Crippen molar-refractivity contribution in [1.29, 1.82) is 0 Å². The molecule has 0 radical (unpaired) electrons. The molecule has 1 amide bonds. The Hall–Kier alpha value is -3.84. The van der Waals surface area contributed by atoms with E-state index in [1.54, 1.807) is 30.3 Å². The van der Waals surface area contributed by atoms with Crippen LogP contribution in [0.1, 0.15) is 16.1 Å². The van der Waals surface area contributed by atoms with E-state index in [0.717, 1.165) is 10.9 Å². The fourth-order valence-corrected chi connectivity index (χ4v) is 3.48. The molecular weight excluding hydrogens is 418 g/mol. The number of ether oxygens (including phenoxy) is 1. The SMILES string of the molecule is Cn1c(C(=O)Nc2ccc(Oc3ccc(CC(=O)O)cc3Cl)nc2)cc2ccccc21. The number of benzene rings is 2. The van der Waals surface area contributed by atoms with Gasteiger partial charge in [0.05, 0.1) is 23.3 Å². The van der Waals surface area contributed by atoms with Crippen molar-refractivity contribution >= 4 is 40.1 Å². The lowest BCUT2D eigenvalue weighted by Gasteiger charge is -2.09. The lowest BCUT2D eigenvalue weighted by Crippen LogP contribution is -2.15. The van der Waals surface area contributed by atoms with Gasteiger partial charge in [-0.2, -0.15) is 0 Å². The summed E-state index contributed by atoms with van der Waals surface area (Å²) in [7, 11) is 1.85. The molecule has 0 saturated carbocycles. The zero-order valence-corrected chi connectivity index (χ0v) is 17.3. The summed E-state index contributed by atoms with van der Waals surface area (Å²) < 4.78 is 7.50. The van der Waals surface area contributed by atoms with Crippen LogP contribution in [0.3, 0.4) is 0 Å². The summed E-state index contributed by atoms with van der Waals surface area (Å²) in [6.45, 7) is 0. The number of nitrogens with one attached hydrogen (secondary N) is 1. The highest BCUT2D eigenvalue weighted by atomic mass is 35.5. The highest BCUT2D eigenvalue weighted by Crippen LogP contribution is 2.30. The molecule has 0 spiro atoms. The molecule has 2 N–H and O–H groups in total. The Labute approximate surface area is 182 Å². The first-order valence-electron chi connectivity index (χ1n) is 9.40. The van der Waals surface area contributed by atoms with Gasteiger partial charge in [-0.05, 0) is 35.9 Å². The van der Waals surface area contributed by atoms with E-state index < -0.39 is 5.97 Å². The molecule has 8 heteroatoms. The molecule has 2 aromatic carbocycles. The summed E-state index contributed by atoms with van der Waals surface area (Å²) >= 11 is 6.17. The topological polar surface area (TPSA) is 93.5 Å². The standard InChI is InChI=1S/C23H18ClN3O4/c1-27-18-5-3-2-4-15(18)12-19(27)23(30)26-16-7-9-21(25-13-16)31-20-8-6-14(10-17(20)24)11-22(28)29/h2-10,12-13H,11H2,1H3,(H,26,30)(H,28,29). The van der Waals surface area contributed by atoms with E-state index in [2.05, 4.69) is 10.3 Å². The molecule has 0 bridgehead atoms. The number of aromatic nitrogens is 2. The molecule has 7 nitrogen and oxygen atoms in total. The van der Waals surface area contributed by atoms with Crippen molar-refractivity contribution in [3.05, 3.63) is 83.1 Å². The number of rotatable bonds is 6. The Morgan fingerprint density at radius 2 is 1.94 bits per heavy atom. The molecule has 31 heavy (non-hydrogen) atoms. The Bertz CT molecular complexity index is 1280. The Morgan fingerprint density at radius 3 is 2.61 bits per heavy atom. The van der Waals surface area contributed by atoms with E-state index in [0.29, 0.717) is 22.7 Å². The van der Waals surface area contributed by atoms with Crippen LogP contribution in [0.4, 0.5) is 5.69 Å². The zero-order chi connectivity index (χ0) is 22.0. The van der Waals surface area contributed by atoms with Gasteiger partial charge < -0.3 is 19.7 Å². The van der Waals surface area contributed by atoms with Crippen molar-refractivity contribution in [2.75, 3.05) is 5.32 Å². The number of pyridine rings is 1. The number of carboxylic acids is 1. The van der Waals surface area contributed by atoms with Crippen molar-refractivity contribution in [3.8, 4) is 11.6 Å². The van der Waals surface area contributed by atoms with Crippen LogP contribution in [-0.4, -0.2) is 26.5 Å². The number of aliphatic carboxylic acids is 1. The number of carbonyl (C=O) groups excluding carboxylic acids is 1. The summed E-state index contributed by atoms with van der Waals surface area (Å²) in [5.41, 5.74) is 2.60. The summed E-state index contributed by atoms with van der Waals surface area (Å²) in [5.74, 6) is -0.537. The van der Waals surface area contributed by atoms with Crippen LogP contribution in [0.5, 0.6) is 11.6 Å². The van der Waals surface area contributed by atoms with E-state index in [4.69, 9.17) is 21.4 Å². The third kappa shape index (κ3) is 4.51. The average Bonchev–Trinajstić information content (AvgIpc) is 3.08. The molecule has 2 heterocycles. The quantitative estimate of drug-likeness (QED) is 0.449. The van der Waals surface area contributed by atoms with Gasteiger partial charge in [-0.25, -0.2) is 4.98 Å². The Kier molecular flexibility index (Phi) is 5.60. The lowest BCUT2D eigenvalue weighted by molar-refractivity contribution is -0.136. The van der Waals surface area contributed by atoms with Crippen LogP contribution in [0.2, 0.25) is 5.02 Å². The van der Waals surface area contributed by atoms with Gasteiger partial charge in [0.15, 0.2) is 0 Å². The Morgan fingerprint density at radius 1 is 1.13 bits per heavy atom. The average molecular weight is 436 g/mol. The van der Waals surface area contributed by atoms with Crippen LogP contribution >= 0.6 is 11.6 Å². The van der Waals surface area contributed by atoms with Crippen LogP contribution in [-0.2, 0) is 18.3 Å². The zero-order valence-electron chi connectivity index (χ0n) is 16.5. The largest absolute Gasteiger partial charge is 0.481 e. The predicted molar refractivity (Wildman–Crippen MR) is 118 cm³/mol. The van der Waals surface area contributed by atoms with Gasteiger partial charge in [0.1, 0.15) is 11.4 Å². The second kappa shape index (κ2) is 8.49. The number of halogens is 1. The van der Waals surface area contributed by atoms with Crippen molar-refractivity contribution in [2.24, 2.45) is 7.05 Å². The highest BCUT2D eigenvalue weighted by Gasteiger charge is 2.14. The molecule has 2 aromatic heterocycles. The molecule has 0 fully saturated rings. The number of carboxylic acid groups (broad SMARTS) is 1. The van der Waals surface area contributed by atoms with Crippen LogP contribution in [0.25, 0.3) is 10.9 Å². The molecule has 0 aliphatic heterocycles. The molecule has 0 unspecified atom stereocenters. The van der Waals surface area contributed by atoms with Gasteiger partial charge in [0, 0.05) is 24.0 Å². The minimum atomic E-state index is -0.938. The fourth-order valence-electron chi connectivity index (χ4n) is 3.24. The molecule has 4 aromatic rings. The maximum absolute atomic E-state index is 12.7. The molecule has 0 atom stereocenters. The first-order chi connectivity index (χ1) is 14.9. The minimum Gasteiger partial charge on any atom is -0.481 e. The van der Waals surface area contributed by atoms with E-state index in [-0.39, 0.29) is 23.2 Å². The monoisotopic (exact) mass is 435 g/mol. The van der Waals surface area contributed by atoms with Gasteiger partial charge >= 0.3 is 5.97 Å². The predicted octanol–water partition coefficient (Wildman–Crippen LogP) is 4.90. The van der Waals surface area contributed by atoms with Crippen LogP contribution < -0.4 is 10.1 Å². The summed E-state index contributed by atoms with van der Waals surface area (Å²) in [5, 5.41) is 13.0. The van der Waals surface area contributed by atoms with Gasteiger partial charge in [-0.15, -0.1) is 0 Å². The lowest BCUT2D eigenvalue weighted by atomic mass is 10.1. The number of amides is 1. The molecule has 4 rings (SSSR count). The van der Waals surface area contributed by atoms with E-state index in [1.165, 1.54) is 6.20 Å². The number of hydrogen-bond acceptors (Lipinski definition) is 4. The number of aryl methyl sites for hydroxylation is 1. The number of para-hydroxylation sites is 1. The summed E-state index contributed by atoms with van der Waals surface area (Å²) in [4.78, 5) is 27.7. The van der Waals surface area contributed by atoms with E-state index >= 15 is 0 Å². The highest BCUT2D eigenvalue weighted by molar-refractivity contribution is 6.32. The number of nitrogens with zero attached hydrogens (tertiary/aromatic N) is 2. The summed E-state index contributed by atoms with van der Waals surface area (Å²) in [6.07, 6.45) is 1.37. The first kappa shape index (κ1) is 20.4. The van der Waals surface area contributed by atoms with Crippen molar-refractivity contribution in [3.63, 3.8) is 0 Å². The van der Waals surface area contributed by atoms with Gasteiger partial charge in [-0.1, -0.05) is 35.9 Å². The maximum Gasteiger partial charge on any atom is 0.307 e. The molecular formula is C23H18ClN3O4. The second-order valence-corrected chi connectivity index (χ2v) is 7.33. The smallest absolute Gasteiger partial charge is 0.307 e.